The summed E-state index contributed by atoms with van der Waals surface area (Å²) in [4.78, 5) is 46.5. The van der Waals surface area contributed by atoms with E-state index < -0.39 is 112 Å². The predicted octanol–water partition coefficient (Wildman–Crippen LogP) is 9.08. The second-order valence-corrected chi connectivity index (χ2v) is 23.9. The first-order valence-electron chi connectivity index (χ1n) is 23.0. The quantitative estimate of drug-likeness (QED) is 0.0143. The minimum Gasteiger partial charge on any atom is -0.506 e. The Bertz CT molecular complexity index is 4540. The van der Waals surface area contributed by atoms with Gasteiger partial charge in [0.15, 0.2) is 22.6 Å². The van der Waals surface area contributed by atoms with Gasteiger partial charge in [-0.3, -0.25) is 34.2 Å². The first-order chi connectivity index (χ1) is 37.7. The van der Waals surface area contributed by atoms with Crippen molar-refractivity contribution < 1.29 is 82.8 Å². The summed E-state index contributed by atoms with van der Waals surface area (Å²) in [5.41, 5.74) is -1.93. The molecule has 2 aliphatic rings. The largest absolute Gasteiger partial charge is 0.506 e. The first-order valence-corrected chi connectivity index (χ1v) is 28.5. The van der Waals surface area contributed by atoms with Crippen LogP contribution >= 0.6 is 0 Å². The third-order valence-electron chi connectivity index (χ3n) is 12.9. The van der Waals surface area contributed by atoms with Crippen molar-refractivity contribution in [1.29, 1.82) is 0 Å². The van der Waals surface area contributed by atoms with E-state index in [0.717, 1.165) is 6.07 Å². The van der Waals surface area contributed by atoms with Crippen LogP contribution in [0.4, 0.5) is 39.8 Å². The summed E-state index contributed by atoms with van der Waals surface area (Å²) >= 11 is -2.89. The van der Waals surface area contributed by atoms with Crippen molar-refractivity contribution in [3.05, 3.63) is 161 Å². The molecule has 0 saturated carbocycles. The lowest BCUT2D eigenvalue weighted by Crippen LogP contribution is -2.17. The molecule has 6 aromatic rings. The smallest absolute Gasteiger partial charge is 0.339 e. The molecule has 0 fully saturated rings. The Morgan fingerprint density at radius 1 is 0.630 bits per heavy atom. The average Bonchev–Trinajstić information content (AvgIpc) is 3.59. The van der Waals surface area contributed by atoms with Gasteiger partial charge in [0.1, 0.15) is 37.2 Å². The van der Waals surface area contributed by atoms with E-state index in [9.17, 15) is 88.8 Å². The summed E-state index contributed by atoms with van der Waals surface area (Å²) in [6.07, 6.45) is 0. The van der Waals surface area contributed by atoms with Crippen LogP contribution in [0.3, 0.4) is 0 Å². The number of fused-ring (bicyclic) bond motifs is 2. The number of benzene rings is 7. The Labute approximate surface area is 460 Å². The number of carbonyl (C=O) groups is 2. The van der Waals surface area contributed by atoms with E-state index in [2.05, 4.69) is 14.8 Å². The van der Waals surface area contributed by atoms with Gasteiger partial charge in [0, 0.05) is 69.8 Å². The van der Waals surface area contributed by atoms with Gasteiger partial charge in [0.25, 0.3) is 41.5 Å². The van der Waals surface area contributed by atoms with E-state index in [1.165, 1.54) is 75.4 Å². The minimum absolute atomic E-state index is 0.000416. The third-order valence-corrected chi connectivity index (χ3v) is 17.2. The van der Waals surface area contributed by atoms with Crippen LogP contribution in [0.25, 0.3) is 33.4 Å². The Kier molecular flexibility index (Phi) is 15.0. The number of aromatic hydroxyl groups is 2. The highest BCUT2D eigenvalue weighted by Crippen LogP contribution is 2.45. The molecule has 0 bridgehead atoms. The molecular formula is C51H42N6O20S4. The van der Waals surface area contributed by atoms with E-state index in [1.807, 2.05) is 0 Å². The zero-order chi connectivity index (χ0) is 59.7. The number of carboxylic acid groups (broad SMARTS) is 2. The molecule has 81 heavy (non-hydrogen) atoms. The van der Waals surface area contributed by atoms with Crippen molar-refractivity contribution in [2.24, 2.45) is 4.99 Å². The number of nitrogens with zero attached hydrogens (tertiary/aromatic N) is 3. The van der Waals surface area contributed by atoms with E-state index in [0.29, 0.717) is 46.6 Å². The van der Waals surface area contributed by atoms with Gasteiger partial charge in [0.2, 0.25) is 0 Å². The fourth-order valence-electron chi connectivity index (χ4n) is 9.22. The number of non-ortho nitro benzene ring substituents is 2. The molecule has 1 heterocycles. The van der Waals surface area contributed by atoms with E-state index in [1.54, 1.807) is 26.8 Å². The number of hydrogen-bond acceptors (Lipinski definition) is 18. The standard InChI is InChI=1S/C51H42N6O20S4/c1-22-13-24(3)46(54-79(70,71)41-18-29(56(64)65)16-34(48(41)58)50(60)61)26(5)44(22)52-28-11-12-31-37(15-28)77-38-21-36(39(78(68)69)20-33(38)43(31)32-9-7-8-10-40(32)81(74,75)76)53-45-23(2)14-25(4)47(27(45)6)55-80(72,73)42-19-30(57(66)67)17-35(49(42)59)51(62)63/h7-21,52,54-55,58-59H,1-6H3,(H,60,61)(H,62,63)(H,68,69)(H,74,75,76). The number of rotatable bonds is 16. The van der Waals surface area contributed by atoms with Gasteiger partial charge in [0.05, 0.1) is 37.2 Å². The van der Waals surface area contributed by atoms with Gasteiger partial charge in [-0.05, 0) is 99.2 Å². The Balaban J connectivity index is 1.31. The fraction of sp³-hybridized carbons (Fsp3) is 0.118. The average molecular weight is 1190 g/mol. The van der Waals surface area contributed by atoms with Crippen LogP contribution in [0.15, 0.2) is 120 Å². The maximum atomic E-state index is 13.9. The SMILES string of the molecule is Cc1cc(C)c(NS(=O)(=O)c2cc([N+](=O)[O-])cc(C(=O)O)c2O)c(C)c1N=c1cc2oc3cc(Nc4c(C)cc(C)c(NS(=O)(=O)c5cc([N+](=O)[O-])cc(C(=O)O)c5O)c4C)ccc3c(-c3ccccc3S(=O)(=O)O)c-2cc1S(=O)O. The molecule has 8 rings (SSSR count). The number of nitro groups is 2. The number of aromatic carboxylic acids is 2. The number of sulfonamides is 2. The van der Waals surface area contributed by atoms with Crippen LogP contribution in [0.1, 0.15) is 54.1 Å². The van der Waals surface area contributed by atoms with E-state index in [-0.39, 0.29) is 83.1 Å². The predicted molar refractivity (Wildman–Crippen MR) is 292 cm³/mol. The number of phenols is 2. The summed E-state index contributed by atoms with van der Waals surface area (Å²) < 4.78 is 127. The minimum atomic E-state index is -5.03. The van der Waals surface area contributed by atoms with Crippen LogP contribution in [0, 0.1) is 61.8 Å². The van der Waals surface area contributed by atoms with Crippen LogP contribution < -0.4 is 20.1 Å². The first kappa shape index (κ1) is 57.8. The zero-order valence-electron chi connectivity index (χ0n) is 42.5. The summed E-state index contributed by atoms with van der Waals surface area (Å²) in [5.74, 6) is -6.36. The number of nitrogens with one attached hydrogen (secondary N) is 3. The summed E-state index contributed by atoms with van der Waals surface area (Å²) in [6.45, 7) is 9.20. The van der Waals surface area contributed by atoms with Crippen molar-refractivity contribution >= 4 is 104 Å². The molecule has 0 saturated heterocycles. The molecule has 26 nitrogen and oxygen atoms in total. The molecule has 0 aromatic heterocycles. The van der Waals surface area contributed by atoms with Crippen LogP contribution in [0.5, 0.6) is 11.5 Å². The van der Waals surface area contributed by atoms with Crippen molar-refractivity contribution in [3.8, 4) is 33.9 Å². The monoisotopic (exact) mass is 1190 g/mol. The van der Waals surface area contributed by atoms with E-state index in [4.69, 9.17) is 9.41 Å². The van der Waals surface area contributed by atoms with Gasteiger partial charge >= 0.3 is 11.9 Å². The van der Waals surface area contributed by atoms with Crippen LogP contribution in [-0.4, -0.2) is 80.8 Å². The molecule has 9 N–H and O–H groups in total. The molecule has 1 atom stereocenters. The van der Waals surface area contributed by atoms with Gasteiger partial charge in [-0.1, -0.05) is 30.3 Å². The molecule has 420 valence electrons. The lowest BCUT2D eigenvalue weighted by atomic mass is 9.93. The van der Waals surface area contributed by atoms with Gasteiger partial charge < -0.3 is 34.7 Å². The summed E-state index contributed by atoms with van der Waals surface area (Å²) in [7, 11) is -15.0. The highest BCUT2D eigenvalue weighted by Gasteiger charge is 2.32. The van der Waals surface area contributed by atoms with Crippen molar-refractivity contribution in [2.45, 2.75) is 61.1 Å². The number of nitro benzene ring substituents is 2. The Morgan fingerprint density at radius 3 is 1.64 bits per heavy atom. The maximum Gasteiger partial charge on any atom is 0.339 e. The second-order valence-electron chi connectivity index (χ2n) is 18.2. The molecular weight excluding hydrogens is 1140 g/mol. The topological polar surface area (TPSA) is 423 Å². The third kappa shape index (κ3) is 10.9. The molecule has 0 radical (unpaired) electrons. The van der Waals surface area contributed by atoms with Crippen molar-refractivity contribution in [3.63, 3.8) is 0 Å². The van der Waals surface area contributed by atoms with Crippen LogP contribution in [-0.2, 0) is 41.2 Å². The number of anilines is 4. The fourth-order valence-corrected chi connectivity index (χ4v) is 13.1. The van der Waals surface area contributed by atoms with Crippen molar-refractivity contribution in [2.75, 3.05) is 14.8 Å². The van der Waals surface area contributed by atoms with Crippen LogP contribution in [0.2, 0.25) is 0 Å². The molecule has 1 aliphatic heterocycles. The molecule has 30 heteroatoms. The normalized spacial score (nSPS) is 12.6. The Morgan fingerprint density at radius 2 is 1.14 bits per heavy atom. The number of carboxylic acids is 2. The molecule has 6 aromatic carbocycles. The molecule has 0 spiro atoms. The number of aryl methyl sites for hydroxylation is 4. The molecule has 0 amide bonds. The second kappa shape index (κ2) is 21.0. The summed E-state index contributed by atoms with van der Waals surface area (Å²) in [5, 5.41) is 67.1. The Hall–Kier alpha value is -9.33. The number of hydrogen-bond donors (Lipinski definition) is 9. The lowest BCUT2D eigenvalue weighted by molar-refractivity contribution is -0.385. The van der Waals surface area contributed by atoms with Crippen molar-refractivity contribution in [1.82, 2.24) is 0 Å². The maximum absolute atomic E-state index is 13.9. The van der Waals surface area contributed by atoms with E-state index >= 15 is 0 Å². The molecule has 1 unspecified atom stereocenters. The summed E-state index contributed by atoms with van der Waals surface area (Å²) in [6, 6.07) is 17.2. The molecule has 1 aliphatic carbocycles. The van der Waals surface area contributed by atoms with Gasteiger partial charge in [-0.15, -0.1) is 0 Å². The van der Waals surface area contributed by atoms with Gasteiger partial charge in [-0.2, -0.15) is 8.42 Å². The zero-order valence-corrected chi connectivity index (χ0v) is 45.8. The highest BCUT2D eigenvalue weighted by atomic mass is 32.2. The lowest BCUT2D eigenvalue weighted by Gasteiger charge is -2.21. The van der Waals surface area contributed by atoms with Gasteiger partial charge in [-0.25, -0.2) is 35.6 Å². The highest BCUT2D eigenvalue weighted by molar-refractivity contribution is 7.93.